The number of aromatic nitrogens is 2. The van der Waals surface area contributed by atoms with Gasteiger partial charge >= 0.3 is 5.97 Å². The molecule has 1 heterocycles. The Balaban J connectivity index is 2.14. The van der Waals surface area contributed by atoms with Crippen LogP contribution in [0.3, 0.4) is 0 Å². The Hall–Kier alpha value is -1.81. The number of aliphatic carboxylic acids is 1. The molecule has 0 radical (unpaired) electrons. The third-order valence-electron chi connectivity index (χ3n) is 4.14. The maximum atomic E-state index is 11.5. The summed E-state index contributed by atoms with van der Waals surface area (Å²) in [6.07, 6.45) is 5.28. The minimum absolute atomic E-state index is 0.0846. The molecular weight excluding hydrogens is 288 g/mol. The first kappa shape index (κ1) is 14.1. The molecule has 0 fully saturated rings. The highest BCUT2D eigenvalue weighted by Gasteiger charge is 2.33. The summed E-state index contributed by atoms with van der Waals surface area (Å²) in [6, 6.07) is 5.60. The Morgan fingerprint density at radius 3 is 2.90 bits per heavy atom. The van der Waals surface area contributed by atoms with Crippen LogP contribution in [0.4, 0.5) is 0 Å². The topological polar surface area (TPSA) is 55.1 Å². The number of hydrogen-bond acceptors (Lipinski definition) is 2. The molecule has 21 heavy (non-hydrogen) atoms. The van der Waals surface area contributed by atoms with E-state index in [2.05, 4.69) is 15.6 Å². The largest absolute Gasteiger partial charge is 0.481 e. The molecule has 0 spiro atoms. The fourth-order valence-electron chi connectivity index (χ4n) is 3.10. The van der Waals surface area contributed by atoms with Gasteiger partial charge in [-0.3, -0.25) is 4.79 Å². The van der Waals surface area contributed by atoms with Gasteiger partial charge in [-0.1, -0.05) is 23.8 Å². The van der Waals surface area contributed by atoms with Crippen LogP contribution in [0.5, 0.6) is 0 Å². The van der Waals surface area contributed by atoms with E-state index in [1.54, 1.807) is 0 Å². The van der Waals surface area contributed by atoms with Crippen molar-refractivity contribution in [2.45, 2.75) is 32.2 Å². The van der Waals surface area contributed by atoms with Crippen molar-refractivity contribution in [1.29, 1.82) is 0 Å². The lowest BCUT2D eigenvalue weighted by atomic mass is 9.82. The number of benzene rings is 1. The SMILES string of the molecule is CCn1c(C2CC=CCC2C(=O)O)nc2ccc(Cl)cc21. The molecule has 1 aliphatic carbocycles. The van der Waals surface area contributed by atoms with Crippen LogP contribution in [0, 0.1) is 5.92 Å². The molecule has 1 N–H and O–H groups in total. The summed E-state index contributed by atoms with van der Waals surface area (Å²) in [5.74, 6) is -0.394. The van der Waals surface area contributed by atoms with Crippen LogP contribution in [0.2, 0.25) is 5.02 Å². The van der Waals surface area contributed by atoms with Gasteiger partial charge in [0.2, 0.25) is 0 Å². The van der Waals surface area contributed by atoms with Gasteiger partial charge in [-0.25, -0.2) is 4.98 Å². The van der Waals surface area contributed by atoms with Crippen molar-refractivity contribution in [3.05, 3.63) is 41.2 Å². The minimum Gasteiger partial charge on any atom is -0.481 e. The van der Waals surface area contributed by atoms with Crippen molar-refractivity contribution < 1.29 is 9.90 Å². The number of fused-ring (bicyclic) bond motifs is 1. The van der Waals surface area contributed by atoms with Crippen LogP contribution in [-0.2, 0) is 11.3 Å². The minimum atomic E-state index is -0.753. The van der Waals surface area contributed by atoms with E-state index >= 15 is 0 Å². The van der Waals surface area contributed by atoms with Gasteiger partial charge in [0.05, 0.1) is 17.0 Å². The lowest BCUT2D eigenvalue weighted by Crippen LogP contribution is -2.25. The number of carboxylic acid groups (broad SMARTS) is 1. The highest BCUT2D eigenvalue weighted by atomic mass is 35.5. The molecule has 0 aliphatic heterocycles. The molecule has 5 heteroatoms. The molecular formula is C16H17ClN2O2. The predicted octanol–water partition coefficient (Wildman–Crippen LogP) is 3.84. The van der Waals surface area contributed by atoms with E-state index in [1.807, 2.05) is 31.2 Å². The summed E-state index contributed by atoms with van der Waals surface area (Å²) in [4.78, 5) is 16.2. The third kappa shape index (κ3) is 2.44. The van der Waals surface area contributed by atoms with Crippen molar-refractivity contribution in [3.8, 4) is 0 Å². The van der Waals surface area contributed by atoms with Crippen molar-refractivity contribution in [1.82, 2.24) is 9.55 Å². The molecule has 110 valence electrons. The first-order valence-electron chi connectivity index (χ1n) is 7.15. The van der Waals surface area contributed by atoms with E-state index in [0.717, 1.165) is 23.4 Å². The maximum absolute atomic E-state index is 11.5. The van der Waals surface area contributed by atoms with E-state index in [4.69, 9.17) is 11.6 Å². The monoisotopic (exact) mass is 304 g/mol. The molecule has 0 bridgehead atoms. The molecule has 2 unspecified atom stereocenters. The van der Waals surface area contributed by atoms with Gasteiger partial charge in [0.1, 0.15) is 5.82 Å². The fraction of sp³-hybridized carbons (Fsp3) is 0.375. The van der Waals surface area contributed by atoms with Gasteiger partial charge in [0, 0.05) is 17.5 Å². The Morgan fingerprint density at radius 1 is 1.43 bits per heavy atom. The van der Waals surface area contributed by atoms with E-state index in [0.29, 0.717) is 17.9 Å². The normalized spacial score (nSPS) is 21.8. The smallest absolute Gasteiger partial charge is 0.307 e. The van der Waals surface area contributed by atoms with Gasteiger partial charge in [-0.15, -0.1) is 0 Å². The number of carbonyl (C=O) groups is 1. The molecule has 2 atom stereocenters. The maximum Gasteiger partial charge on any atom is 0.307 e. The van der Waals surface area contributed by atoms with Crippen LogP contribution >= 0.6 is 11.6 Å². The second-order valence-electron chi connectivity index (χ2n) is 5.34. The first-order valence-corrected chi connectivity index (χ1v) is 7.53. The van der Waals surface area contributed by atoms with Gasteiger partial charge in [-0.05, 0) is 38.0 Å². The first-order chi connectivity index (χ1) is 10.1. The Labute approximate surface area is 128 Å². The van der Waals surface area contributed by atoms with Crippen LogP contribution in [0.15, 0.2) is 30.4 Å². The molecule has 0 saturated carbocycles. The van der Waals surface area contributed by atoms with Crippen LogP contribution in [0.25, 0.3) is 11.0 Å². The predicted molar refractivity (Wildman–Crippen MR) is 82.7 cm³/mol. The molecule has 1 aromatic carbocycles. The van der Waals surface area contributed by atoms with E-state index in [1.165, 1.54) is 0 Å². The summed E-state index contributed by atoms with van der Waals surface area (Å²) in [5.41, 5.74) is 1.84. The average Bonchev–Trinajstić information content (AvgIpc) is 2.84. The summed E-state index contributed by atoms with van der Waals surface area (Å²) in [6.45, 7) is 2.79. The van der Waals surface area contributed by atoms with E-state index in [9.17, 15) is 9.90 Å². The van der Waals surface area contributed by atoms with Crippen molar-refractivity contribution in [3.63, 3.8) is 0 Å². The van der Waals surface area contributed by atoms with Crippen molar-refractivity contribution >= 4 is 28.6 Å². The summed E-state index contributed by atoms with van der Waals surface area (Å²) >= 11 is 6.08. The fourth-order valence-corrected chi connectivity index (χ4v) is 3.27. The zero-order valence-electron chi connectivity index (χ0n) is 11.8. The van der Waals surface area contributed by atoms with Crippen molar-refractivity contribution in [2.24, 2.45) is 5.92 Å². The summed E-state index contributed by atoms with van der Waals surface area (Å²) in [7, 11) is 0. The average molecular weight is 305 g/mol. The van der Waals surface area contributed by atoms with Gasteiger partial charge in [-0.2, -0.15) is 0 Å². The Kier molecular flexibility index (Phi) is 3.72. The van der Waals surface area contributed by atoms with Gasteiger partial charge in [0.25, 0.3) is 0 Å². The molecule has 4 nitrogen and oxygen atoms in total. The molecule has 3 rings (SSSR count). The second kappa shape index (κ2) is 5.53. The molecule has 0 saturated heterocycles. The lowest BCUT2D eigenvalue weighted by molar-refractivity contribution is -0.142. The number of nitrogens with zero attached hydrogens (tertiary/aromatic N) is 2. The summed E-state index contributed by atoms with van der Waals surface area (Å²) < 4.78 is 2.08. The number of halogens is 1. The lowest BCUT2D eigenvalue weighted by Gasteiger charge is -2.25. The highest BCUT2D eigenvalue weighted by Crippen LogP contribution is 2.36. The molecule has 1 aliphatic rings. The number of aryl methyl sites for hydroxylation is 1. The van der Waals surface area contributed by atoms with Crippen LogP contribution in [0.1, 0.15) is 31.5 Å². The number of rotatable bonds is 3. The van der Waals surface area contributed by atoms with Gasteiger partial charge in [0.15, 0.2) is 0 Å². The van der Waals surface area contributed by atoms with Crippen LogP contribution < -0.4 is 0 Å². The summed E-state index contributed by atoms with van der Waals surface area (Å²) in [5, 5.41) is 10.1. The number of hydrogen-bond donors (Lipinski definition) is 1. The Bertz CT molecular complexity index is 720. The van der Waals surface area contributed by atoms with Crippen molar-refractivity contribution in [2.75, 3.05) is 0 Å². The molecule has 1 aromatic heterocycles. The standard InChI is InChI=1S/C16H17ClN2O2/c1-2-19-14-9-10(17)7-8-13(14)18-15(19)11-5-3-4-6-12(11)16(20)21/h3-4,7-9,11-12H,2,5-6H2,1H3,(H,20,21). The number of imidazole rings is 1. The van der Waals surface area contributed by atoms with Crippen LogP contribution in [-0.4, -0.2) is 20.6 Å². The zero-order chi connectivity index (χ0) is 15.0. The molecule has 0 amide bonds. The van der Waals surface area contributed by atoms with E-state index < -0.39 is 11.9 Å². The van der Waals surface area contributed by atoms with Gasteiger partial charge < -0.3 is 9.67 Å². The quantitative estimate of drug-likeness (QED) is 0.876. The zero-order valence-corrected chi connectivity index (χ0v) is 12.5. The Morgan fingerprint density at radius 2 is 2.19 bits per heavy atom. The van der Waals surface area contributed by atoms with E-state index in [-0.39, 0.29) is 5.92 Å². The number of allylic oxidation sites excluding steroid dienone is 2. The number of carboxylic acids is 1. The second-order valence-corrected chi connectivity index (χ2v) is 5.78. The third-order valence-corrected chi connectivity index (χ3v) is 4.37. The highest BCUT2D eigenvalue weighted by molar-refractivity contribution is 6.31. The molecule has 2 aromatic rings.